The van der Waals surface area contributed by atoms with E-state index in [1.165, 1.54) is 29.2 Å². The lowest BCUT2D eigenvalue weighted by atomic mass is 10.1. The molecule has 0 saturated carbocycles. The molecule has 0 N–H and O–H groups in total. The molecule has 0 aliphatic carbocycles. The van der Waals surface area contributed by atoms with E-state index in [4.69, 9.17) is 0 Å². The molecule has 0 bridgehead atoms. The first-order chi connectivity index (χ1) is 24.6. The zero-order valence-corrected chi connectivity index (χ0v) is 29.6. The molecule has 6 aromatic carbocycles. The van der Waals surface area contributed by atoms with Crippen LogP contribution in [0, 0.1) is 6.92 Å². The minimum absolute atomic E-state index is 0.0257. The topological polar surface area (TPSA) is 54.5 Å². The Bertz CT molecular complexity index is 2500. The molecule has 0 aromatic heterocycles. The molecule has 0 amide bonds. The van der Waals surface area contributed by atoms with Crippen molar-refractivity contribution in [3.05, 3.63) is 144 Å². The average molecular weight is 762 g/mol. The fourth-order valence-corrected chi connectivity index (χ4v) is 17.5. The predicted octanol–water partition coefficient (Wildman–Crippen LogP) is 7.36. The van der Waals surface area contributed by atoms with Gasteiger partial charge in [0.1, 0.15) is 0 Å². The summed E-state index contributed by atoms with van der Waals surface area (Å²) in [6.45, 7) is 1.65. The molecular formula is C39H24F6NO3P3. The van der Waals surface area contributed by atoms with Crippen molar-refractivity contribution in [2.75, 3.05) is 4.90 Å². The predicted molar refractivity (Wildman–Crippen MR) is 195 cm³/mol. The zero-order chi connectivity index (χ0) is 36.6. The van der Waals surface area contributed by atoms with Gasteiger partial charge in [0.25, 0.3) is 0 Å². The van der Waals surface area contributed by atoms with E-state index in [-0.39, 0.29) is 54.2 Å². The summed E-state index contributed by atoms with van der Waals surface area (Å²) in [6.07, 6.45) is -10.0. The molecule has 6 aromatic rings. The number of hydrogen-bond acceptors (Lipinski definition) is 4. The van der Waals surface area contributed by atoms with Gasteiger partial charge in [-0.1, -0.05) is 91.0 Å². The third-order valence-electron chi connectivity index (χ3n) is 10.1. The molecule has 0 fully saturated rings. The molecule has 2 unspecified atom stereocenters. The van der Waals surface area contributed by atoms with Gasteiger partial charge in [0.15, 0.2) is 21.4 Å². The van der Waals surface area contributed by atoms with E-state index in [2.05, 4.69) is 0 Å². The maximum Gasteiger partial charge on any atom is 0.416 e. The summed E-state index contributed by atoms with van der Waals surface area (Å²) in [5, 5.41) is -0.756. The van der Waals surface area contributed by atoms with Gasteiger partial charge >= 0.3 is 12.4 Å². The van der Waals surface area contributed by atoms with Crippen LogP contribution in [-0.4, -0.2) is 0 Å². The second-order valence-electron chi connectivity index (χ2n) is 13.0. The first kappa shape index (κ1) is 33.2. The van der Waals surface area contributed by atoms with Gasteiger partial charge in [0, 0.05) is 47.7 Å². The number of aryl methyl sites for hydroxylation is 1. The molecule has 13 heteroatoms. The van der Waals surface area contributed by atoms with Crippen LogP contribution in [0.3, 0.4) is 0 Å². The van der Waals surface area contributed by atoms with E-state index in [0.717, 1.165) is 24.3 Å². The molecule has 0 saturated heterocycles. The van der Waals surface area contributed by atoms with Gasteiger partial charge in [-0.05, 0) is 48.9 Å². The molecule has 0 spiro atoms. The third-order valence-corrected chi connectivity index (χ3v) is 19.3. The lowest BCUT2D eigenvalue weighted by Gasteiger charge is -2.49. The monoisotopic (exact) mass is 761 g/mol. The van der Waals surface area contributed by atoms with Gasteiger partial charge < -0.3 is 18.6 Å². The first-order valence-electron chi connectivity index (χ1n) is 16.1. The third kappa shape index (κ3) is 4.23. The Balaban J connectivity index is 1.59. The van der Waals surface area contributed by atoms with Gasteiger partial charge in [-0.25, -0.2) is 0 Å². The van der Waals surface area contributed by atoms with E-state index in [1.54, 1.807) is 85.8 Å². The van der Waals surface area contributed by atoms with Crippen molar-refractivity contribution in [1.29, 1.82) is 0 Å². The van der Waals surface area contributed by atoms with Crippen LogP contribution >= 0.6 is 21.4 Å². The first-order valence-corrected chi connectivity index (χ1v) is 21.2. The Morgan fingerprint density at radius 1 is 0.423 bits per heavy atom. The Labute approximate surface area is 293 Å². The van der Waals surface area contributed by atoms with Crippen LogP contribution in [0.15, 0.2) is 127 Å². The number of hydrogen-bond donors (Lipinski definition) is 0. The summed E-state index contributed by atoms with van der Waals surface area (Å²) in [5.74, 6) is 0. The molecular weight excluding hydrogens is 737 g/mol. The standard InChI is InChI=1S/C39H24F6NO3P3/c1-23-17-29-35-30(18-23)51(48,27-13-7-3-8-14-27)32-20-25(39(43,44)45)22-34-37(32)46(35)36-31(50(29,47)26-11-5-2-6-12-26)19-24(38(40,41)42)21-33(36)52(34,49)28-15-9-4-10-16-28/h2-22H,1H3. The SMILES string of the molecule is Cc1cc2c3c(c1)P(=O)(c1ccccc1)c1cc(C(F)(F)F)cc4c1N3c1c(cc(C(F)(F)F)cc1P4(=O)c1ccccc1)P2(=O)c1ccccc1. The van der Waals surface area contributed by atoms with Crippen LogP contribution in [0.5, 0.6) is 0 Å². The van der Waals surface area contributed by atoms with Crippen LogP contribution in [0.2, 0.25) is 0 Å². The number of rotatable bonds is 3. The summed E-state index contributed by atoms with van der Waals surface area (Å²) < 4.78 is 138. The Kier molecular flexibility index (Phi) is 6.86. The molecule has 2 atom stereocenters. The summed E-state index contributed by atoms with van der Waals surface area (Å²) in [4.78, 5) is 1.48. The normalized spacial score (nSPS) is 22.6. The lowest BCUT2D eigenvalue weighted by molar-refractivity contribution is -0.138. The Hall–Kier alpha value is -4.61. The molecule has 260 valence electrons. The fraction of sp³-hybridized carbons (Fsp3) is 0.0769. The molecule has 3 aliphatic rings. The molecule has 3 aliphatic heterocycles. The lowest BCUT2D eigenvalue weighted by Crippen LogP contribution is -2.53. The molecule has 3 heterocycles. The molecule has 4 nitrogen and oxygen atoms in total. The van der Waals surface area contributed by atoms with Crippen molar-refractivity contribution >= 4 is 86.2 Å². The number of halogens is 6. The van der Waals surface area contributed by atoms with Gasteiger partial charge in [-0.3, -0.25) is 0 Å². The van der Waals surface area contributed by atoms with Gasteiger partial charge in [0.05, 0.1) is 28.2 Å². The minimum Gasteiger partial charge on any atom is -0.308 e. The maximum atomic E-state index is 16.2. The van der Waals surface area contributed by atoms with E-state index >= 15 is 13.7 Å². The van der Waals surface area contributed by atoms with Crippen molar-refractivity contribution in [2.24, 2.45) is 0 Å². The van der Waals surface area contributed by atoms with Gasteiger partial charge in [-0.15, -0.1) is 0 Å². The summed E-state index contributed by atoms with van der Waals surface area (Å²) in [6, 6.07) is 29.6. The van der Waals surface area contributed by atoms with E-state index in [9.17, 15) is 26.3 Å². The van der Waals surface area contributed by atoms with E-state index in [1.807, 2.05) is 0 Å². The van der Waals surface area contributed by atoms with Gasteiger partial charge in [-0.2, -0.15) is 26.3 Å². The fourth-order valence-electron chi connectivity index (χ4n) is 7.88. The summed E-state index contributed by atoms with van der Waals surface area (Å²) in [5.41, 5.74) is -2.03. The number of alkyl halides is 6. The highest BCUT2D eigenvalue weighted by atomic mass is 31.2. The second kappa shape index (κ2) is 10.7. The quantitative estimate of drug-likeness (QED) is 0.140. The number of benzene rings is 6. The highest BCUT2D eigenvalue weighted by Crippen LogP contribution is 2.66. The van der Waals surface area contributed by atoms with Crippen LogP contribution < -0.4 is 52.6 Å². The van der Waals surface area contributed by atoms with Crippen LogP contribution in [0.25, 0.3) is 0 Å². The Morgan fingerprint density at radius 2 is 0.673 bits per heavy atom. The highest BCUT2D eigenvalue weighted by molar-refractivity contribution is 7.89. The minimum atomic E-state index is -5.02. The maximum absolute atomic E-state index is 16.2. The molecule has 52 heavy (non-hydrogen) atoms. The smallest absolute Gasteiger partial charge is 0.308 e. The number of anilines is 3. The molecule has 0 radical (unpaired) electrons. The average Bonchev–Trinajstić information content (AvgIpc) is 3.13. The largest absolute Gasteiger partial charge is 0.416 e. The van der Waals surface area contributed by atoms with Crippen molar-refractivity contribution < 1.29 is 40.0 Å². The van der Waals surface area contributed by atoms with E-state index in [0.29, 0.717) is 5.56 Å². The van der Waals surface area contributed by atoms with Crippen molar-refractivity contribution in [3.63, 3.8) is 0 Å². The van der Waals surface area contributed by atoms with Crippen molar-refractivity contribution in [2.45, 2.75) is 19.3 Å². The Morgan fingerprint density at radius 3 is 0.923 bits per heavy atom. The van der Waals surface area contributed by atoms with Crippen LogP contribution in [0.4, 0.5) is 43.4 Å². The van der Waals surface area contributed by atoms with Gasteiger partial charge in [0.2, 0.25) is 0 Å². The van der Waals surface area contributed by atoms with E-state index < -0.39 is 55.5 Å². The zero-order valence-electron chi connectivity index (χ0n) is 26.9. The van der Waals surface area contributed by atoms with Crippen molar-refractivity contribution in [3.8, 4) is 0 Å². The highest BCUT2D eigenvalue weighted by Gasteiger charge is 2.57. The van der Waals surface area contributed by atoms with Crippen LogP contribution in [0.1, 0.15) is 16.7 Å². The molecule has 9 rings (SSSR count). The number of nitrogens with zero attached hydrogens (tertiary/aromatic N) is 1. The van der Waals surface area contributed by atoms with Crippen molar-refractivity contribution in [1.82, 2.24) is 0 Å². The summed E-state index contributed by atoms with van der Waals surface area (Å²) >= 11 is 0. The van der Waals surface area contributed by atoms with Crippen LogP contribution in [-0.2, 0) is 26.0 Å². The second-order valence-corrected chi connectivity index (χ2v) is 21.1. The summed E-state index contributed by atoms with van der Waals surface area (Å²) in [7, 11) is -13.3.